The van der Waals surface area contributed by atoms with Gasteiger partial charge in [-0.1, -0.05) is 42.0 Å². The molecular formula is C19H21N3O3S. The molecule has 0 atom stereocenters. The fourth-order valence-corrected chi connectivity index (χ4v) is 3.77. The Labute approximate surface area is 153 Å². The summed E-state index contributed by atoms with van der Waals surface area (Å²) in [5.41, 5.74) is 3.37. The van der Waals surface area contributed by atoms with Crippen molar-refractivity contribution in [2.45, 2.75) is 19.2 Å². The van der Waals surface area contributed by atoms with E-state index in [0.717, 1.165) is 22.4 Å². The highest BCUT2D eigenvalue weighted by molar-refractivity contribution is 7.88. The van der Waals surface area contributed by atoms with Gasteiger partial charge in [0.2, 0.25) is 10.0 Å². The van der Waals surface area contributed by atoms with Gasteiger partial charge in [0, 0.05) is 18.3 Å². The zero-order valence-corrected chi connectivity index (χ0v) is 15.5. The van der Waals surface area contributed by atoms with E-state index in [2.05, 4.69) is 9.82 Å². The van der Waals surface area contributed by atoms with Gasteiger partial charge in [0.15, 0.2) is 0 Å². The van der Waals surface area contributed by atoms with Crippen LogP contribution in [0.15, 0.2) is 60.9 Å². The number of hydrogen-bond donors (Lipinski definition) is 1. The monoisotopic (exact) mass is 371 g/mol. The second kappa shape index (κ2) is 7.72. The molecule has 26 heavy (non-hydrogen) atoms. The Bertz CT molecular complexity index is 997. The minimum absolute atomic E-state index is 0.0463. The smallest absolute Gasteiger partial charge is 0.216 e. The molecule has 0 aliphatic carbocycles. The van der Waals surface area contributed by atoms with E-state index < -0.39 is 10.0 Å². The molecule has 3 aromatic rings. The molecule has 0 amide bonds. The van der Waals surface area contributed by atoms with E-state index in [9.17, 15) is 8.42 Å². The lowest BCUT2D eigenvalue weighted by molar-refractivity contribution is 0.411. The normalized spacial score (nSPS) is 11.5. The Morgan fingerprint density at radius 1 is 1.12 bits per heavy atom. The van der Waals surface area contributed by atoms with Crippen LogP contribution >= 0.6 is 0 Å². The topological polar surface area (TPSA) is 73.2 Å². The predicted octanol–water partition coefficient (Wildman–Crippen LogP) is 2.81. The number of sulfonamides is 1. The summed E-state index contributed by atoms with van der Waals surface area (Å²) in [6.45, 7) is 2.12. The maximum absolute atomic E-state index is 12.3. The maximum atomic E-state index is 12.3. The summed E-state index contributed by atoms with van der Waals surface area (Å²) in [5.74, 6) is 0.650. The molecule has 0 radical (unpaired) electrons. The molecule has 0 unspecified atom stereocenters. The van der Waals surface area contributed by atoms with Crippen LogP contribution in [0.3, 0.4) is 0 Å². The van der Waals surface area contributed by atoms with Crippen LogP contribution in [0.4, 0.5) is 0 Å². The molecule has 7 heteroatoms. The van der Waals surface area contributed by atoms with Crippen molar-refractivity contribution >= 4 is 10.0 Å². The Morgan fingerprint density at radius 3 is 2.69 bits per heavy atom. The zero-order chi connectivity index (χ0) is 18.6. The van der Waals surface area contributed by atoms with Crippen molar-refractivity contribution in [3.8, 4) is 11.4 Å². The van der Waals surface area contributed by atoms with Crippen LogP contribution in [0.1, 0.15) is 16.7 Å². The summed E-state index contributed by atoms with van der Waals surface area (Å²) < 4.78 is 34.2. The SMILES string of the molecule is COc1ccccc1-n1cc(CNS(=O)(=O)Cc2cccc(C)c2)cn1. The largest absolute Gasteiger partial charge is 0.494 e. The first kappa shape index (κ1) is 18.2. The van der Waals surface area contributed by atoms with Gasteiger partial charge < -0.3 is 4.74 Å². The van der Waals surface area contributed by atoms with Crippen LogP contribution in [0, 0.1) is 6.92 Å². The van der Waals surface area contributed by atoms with Crippen LogP contribution in [0.2, 0.25) is 0 Å². The summed E-state index contributed by atoms with van der Waals surface area (Å²) in [6, 6.07) is 15.0. The molecule has 0 aliphatic heterocycles. The number of nitrogens with zero attached hydrogens (tertiary/aromatic N) is 2. The molecule has 1 heterocycles. The lowest BCUT2D eigenvalue weighted by atomic mass is 10.2. The molecule has 0 spiro atoms. The summed E-state index contributed by atoms with van der Waals surface area (Å²) in [6.07, 6.45) is 3.43. The minimum atomic E-state index is -3.43. The number of ether oxygens (including phenoxy) is 1. The average molecular weight is 371 g/mol. The average Bonchev–Trinajstić information content (AvgIpc) is 3.08. The van der Waals surface area contributed by atoms with Crippen molar-refractivity contribution in [1.29, 1.82) is 0 Å². The molecule has 1 aromatic heterocycles. The quantitative estimate of drug-likeness (QED) is 0.693. The lowest BCUT2D eigenvalue weighted by Gasteiger charge is -2.08. The number of benzene rings is 2. The van der Waals surface area contributed by atoms with Crippen molar-refractivity contribution < 1.29 is 13.2 Å². The Hall–Kier alpha value is -2.64. The van der Waals surface area contributed by atoms with Gasteiger partial charge in [-0.25, -0.2) is 17.8 Å². The van der Waals surface area contributed by atoms with Crippen molar-refractivity contribution in [2.75, 3.05) is 7.11 Å². The molecule has 0 fully saturated rings. The molecular weight excluding hydrogens is 350 g/mol. The number of aromatic nitrogens is 2. The summed E-state index contributed by atoms with van der Waals surface area (Å²) in [5, 5.41) is 4.29. The summed E-state index contributed by atoms with van der Waals surface area (Å²) >= 11 is 0. The van der Waals surface area contributed by atoms with Gasteiger partial charge in [0.05, 0.1) is 19.1 Å². The Balaban J connectivity index is 1.68. The molecule has 0 aliphatic rings. The number of para-hydroxylation sites is 2. The number of aryl methyl sites for hydroxylation is 1. The molecule has 136 valence electrons. The highest BCUT2D eigenvalue weighted by Crippen LogP contribution is 2.21. The summed E-state index contributed by atoms with van der Waals surface area (Å²) in [4.78, 5) is 0. The van der Waals surface area contributed by atoms with Crippen LogP contribution in [-0.4, -0.2) is 25.3 Å². The zero-order valence-electron chi connectivity index (χ0n) is 14.7. The number of nitrogens with one attached hydrogen (secondary N) is 1. The fraction of sp³-hybridized carbons (Fsp3) is 0.211. The van der Waals surface area contributed by atoms with E-state index in [4.69, 9.17) is 4.74 Å². The molecule has 0 bridgehead atoms. The second-order valence-electron chi connectivity index (χ2n) is 6.03. The van der Waals surface area contributed by atoms with Crippen molar-refractivity contribution in [1.82, 2.24) is 14.5 Å². The van der Waals surface area contributed by atoms with Gasteiger partial charge in [-0.15, -0.1) is 0 Å². The Kier molecular flexibility index (Phi) is 5.39. The molecule has 0 saturated carbocycles. The third-order valence-electron chi connectivity index (χ3n) is 3.90. The Morgan fingerprint density at radius 2 is 1.92 bits per heavy atom. The third-order valence-corrected chi connectivity index (χ3v) is 5.20. The van der Waals surface area contributed by atoms with E-state index in [1.54, 1.807) is 24.2 Å². The molecule has 2 aromatic carbocycles. The highest BCUT2D eigenvalue weighted by Gasteiger charge is 2.13. The van der Waals surface area contributed by atoms with Crippen LogP contribution in [0.25, 0.3) is 5.69 Å². The van der Waals surface area contributed by atoms with E-state index in [1.165, 1.54) is 0 Å². The van der Waals surface area contributed by atoms with Crippen LogP contribution < -0.4 is 9.46 Å². The third kappa shape index (κ3) is 4.50. The van der Waals surface area contributed by atoms with Crippen LogP contribution in [0.5, 0.6) is 5.75 Å². The van der Waals surface area contributed by atoms with E-state index in [-0.39, 0.29) is 12.3 Å². The standard InChI is InChI=1S/C19H21N3O3S/c1-15-6-5-7-16(10-15)14-26(23,24)21-12-17-11-20-22(13-17)18-8-3-4-9-19(18)25-2/h3-11,13,21H,12,14H2,1-2H3. The van der Waals surface area contributed by atoms with Gasteiger partial charge in [0.25, 0.3) is 0 Å². The first-order valence-corrected chi connectivity index (χ1v) is 9.82. The number of rotatable bonds is 7. The first-order chi connectivity index (χ1) is 12.5. The van der Waals surface area contributed by atoms with E-state index >= 15 is 0 Å². The number of methoxy groups -OCH3 is 1. The van der Waals surface area contributed by atoms with Gasteiger partial charge in [-0.05, 0) is 24.6 Å². The molecule has 3 rings (SSSR count). The predicted molar refractivity (Wildman–Crippen MR) is 101 cm³/mol. The van der Waals surface area contributed by atoms with Crippen molar-refractivity contribution in [3.05, 3.63) is 77.6 Å². The van der Waals surface area contributed by atoms with Gasteiger partial charge in [0.1, 0.15) is 11.4 Å². The minimum Gasteiger partial charge on any atom is -0.494 e. The lowest BCUT2D eigenvalue weighted by Crippen LogP contribution is -2.24. The fourth-order valence-electron chi connectivity index (χ4n) is 2.67. The second-order valence-corrected chi connectivity index (χ2v) is 7.84. The van der Waals surface area contributed by atoms with Gasteiger partial charge >= 0.3 is 0 Å². The van der Waals surface area contributed by atoms with Crippen molar-refractivity contribution in [2.24, 2.45) is 0 Å². The molecule has 0 saturated heterocycles. The van der Waals surface area contributed by atoms with Crippen molar-refractivity contribution in [3.63, 3.8) is 0 Å². The van der Waals surface area contributed by atoms with Gasteiger partial charge in [-0.3, -0.25) is 0 Å². The van der Waals surface area contributed by atoms with Gasteiger partial charge in [-0.2, -0.15) is 5.10 Å². The highest BCUT2D eigenvalue weighted by atomic mass is 32.2. The molecule has 1 N–H and O–H groups in total. The first-order valence-electron chi connectivity index (χ1n) is 8.17. The summed E-state index contributed by atoms with van der Waals surface area (Å²) in [7, 11) is -1.83. The maximum Gasteiger partial charge on any atom is 0.216 e. The molecule has 6 nitrogen and oxygen atoms in total. The van der Waals surface area contributed by atoms with E-state index in [1.807, 2.05) is 55.5 Å². The number of hydrogen-bond acceptors (Lipinski definition) is 4. The van der Waals surface area contributed by atoms with Crippen LogP contribution in [-0.2, 0) is 22.3 Å². The van der Waals surface area contributed by atoms with E-state index in [0.29, 0.717) is 5.75 Å².